The van der Waals surface area contributed by atoms with Gasteiger partial charge in [0.2, 0.25) is 10.0 Å². The second kappa shape index (κ2) is 7.11. The normalized spacial score (nSPS) is 18.4. The molecule has 0 aliphatic heterocycles. The number of rotatable bonds is 6. The molecule has 1 N–H and O–H groups in total. The van der Waals surface area contributed by atoms with Gasteiger partial charge in [0.15, 0.2) is 0 Å². The minimum Gasteiger partial charge on any atom is -0.497 e. The van der Waals surface area contributed by atoms with Crippen LogP contribution in [0.2, 0.25) is 0 Å². The minimum atomic E-state index is -3.46. The molecule has 2 rings (SSSR count). The second-order valence-electron chi connectivity index (χ2n) is 5.69. The quantitative estimate of drug-likeness (QED) is 0.775. The lowest BCUT2D eigenvalue weighted by Gasteiger charge is -2.35. The molecular weight excluding hydrogens is 354 g/mol. The van der Waals surface area contributed by atoms with Crippen LogP contribution in [-0.2, 0) is 10.0 Å². The van der Waals surface area contributed by atoms with Crippen LogP contribution < -0.4 is 9.46 Å². The van der Waals surface area contributed by atoms with Gasteiger partial charge in [0, 0.05) is 11.9 Å². The fraction of sp³-hybridized carbons (Fsp3) is 0.600. The lowest BCUT2D eigenvalue weighted by atomic mass is 9.76. The Bertz CT molecular complexity index is 551. The largest absolute Gasteiger partial charge is 0.497 e. The fourth-order valence-corrected chi connectivity index (χ4v) is 4.66. The maximum atomic E-state index is 12.4. The van der Waals surface area contributed by atoms with E-state index >= 15 is 0 Å². The van der Waals surface area contributed by atoms with Gasteiger partial charge in [0.05, 0.1) is 12.0 Å². The van der Waals surface area contributed by atoms with E-state index in [0.29, 0.717) is 12.3 Å². The third-order valence-corrected chi connectivity index (χ3v) is 6.81. The van der Waals surface area contributed by atoms with Crippen molar-refractivity contribution in [3.63, 3.8) is 0 Å². The zero-order valence-electron chi connectivity index (χ0n) is 12.3. The van der Waals surface area contributed by atoms with Crippen LogP contribution in [0, 0.1) is 5.41 Å². The Morgan fingerprint density at radius 3 is 2.33 bits per heavy atom. The van der Waals surface area contributed by atoms with Crippen molar-refractivity contribution >= 4 is 26.0 Å². The molecule has 0 bridgehead atoms. The Morgan fingerprint density at radius 1 is 1.19 bits per heavy atom. The van der Waals surface area contributed by atoms with E-state index in [1.807, 2.05) is 0 Å². The molecule has 6 heteroatoms. The summed E-state index contributed by atoms with van der Waals surface area (Å²) >= 11 is 3.56. The Kier molecular flexibility index (Phi) is 5.68. The van der Waals surface area contributed by atoms with E-state index in [4.69, 9.17) is 4.74 Å². The highest BCUT2D eigenvalue weighted by molar-refractivity contribution is 9.09. The monoisotopic (exact) mass is 375 g/mol. The van der Waals surface area contributed by atoms with Gasteiger partial charge in [-0.05, 0) is 42.5 Å². The van der Waals surface area contributed by atoms with Crippen LogP contribution in [0.25, 0.3) is 0 Å². The molecule has 0 atom stereocenters. The first-order chi connectivity index (χ1) is 10.0. The van der Waals surface area contributed by atoms with Gasteiger partial charge in [-0.3, -0.25) is 0 Å². The standard InChI is InChI=1S/C15H22BrNO3S/c1-20-13-5-7-14(8-6-13)21(18,19)17-12-15(11-16)9-3-2-4-10-15/h5-8,17H,2-4,9-12H2,1H3. The summed E-state index contributed by atoms with van der Waals surface area (Å²) in [5, 5.41) is 0.838. The number of alkyl halides is 1. The number of hydrogen-bond donors (Lipinski definition) is 1. The molecule has 0 aromatic heterocycles. The first kappa shape index (κ1) is 16.8. The van der Waals surface area contributed by atoms with Gasteiger partial charge in [0.1, 0.15) is 5.75 Å². The third-order valence-electron chi connectivity index (χ3n) is 4.20. The van der Waals surface area contributed by atoms with Crippen molar-refractivity contribution in [1.29, 1.82) is 0 Å². The Hall–Kier alpha value is -0.590. The van der Waals surface area contributed by atoms with E-state index < -0.39 is 10.0 Å². The maximum Gasteiger partial charge on any atom is 0.240 e. The highest BCUT2D eigenvalue weighted by atomic mass is 79.9. The summed E-state index contributed by atoms with van der Waals surface area (Å²) in [5.74, 6) is 0.651. The van der Waals surface area contributed by atoms with Crippen LogP contribution in [0.4, 0.5) is 0 Å². The van der Waals surface area contributed by atoms with Crippen molar-refractivity contribution < 1.29 is 13.2 Å². The molecule has 0 saturated heterocycles. The molecule has 1 fully saturated rings. The topological polar surface area (TPSA) is 55.4 Å². The van der Waals surface area contributed by atoms with Crippen LogP contribution in [0.5, 0.6) is 5.75 Å². The number of halogens is 1. The number of methoxy groups -OCH3 is 1. The second-order valence-corrected chi connectivity index (χ2v) is 8.02. The highest BCUT2D eigenvalue weighted by Crippen LogP contribution is 2.37. The smallest absolute Gasteiger partial charge is 0.240 e. The van der Waals surface area contributed by atoms with Crippen molar-refractivity contribution in [2.45, 2.75) is 37.0 Å². The highest BCUT2D eigenvalue weighted by Gasteiger charge is 2.32. The van der Waals surface area contributed by atoms with E-state index in [2.05, 4.69) is 20.7 Å². The molecule has 0 unspecified atom stereocenters. The summed E-state index contributed by atoms with van der Waals surface area (Å²) in [5.41, 5.74) is 0.0534. The Balaban J connectivity index is 2.06. The van der Waals surface area contributed by atoms with Gasteiger partial charge < -0.3 is 4.74 Å². The zero-order chi connectivity index (χ0) is 15.3. The maximum absolute atomic E-state index is 12.4. The minimum absolute atomic E-state index is 0.0534. The molecular formula is C15H22BrNO3S. The first-order valence-electron chi connectivity index (χ1n) is 7.21. The van der Waals surface area contributed by atoms with Crippen molar-refractivity contribution in [3.8, 4) is 5.75 Å². The summed E-state index contributed by atoms with van der Waals surface area (Å²) in [4.78, 5) is 0.281. The van der Waals surface area contributed by atoms with Crippen LogP contribution >= 0.6 is 15.9 Å². The summed E-state index contributed by atoms with van der Waals surface area (Å²) in [7, 11) is -1.90. The van der Waals surface area contributed by atoms with Crippen LogP contribution in [0.3, 0.4) is 0 Å². The predicted molar refractivity (Wildman–Crippen MR) is 87.5 cm³/mol. The average Bonchev–Trinajstić information content (AvgIpc) is 2.54. The van der Waals surface area contributed by atoms with Gasteiger partial charge in [-0.1, -0.05) is 35.2 Å². The molecule has 0 heterocycles. The molecule has 0 amide bonds. The van der Waals surface area contributed by atoms with E-state index in [9.17, 15) is 8.42 Å². The van der Waals surface area contributed by atoms with E-state index in [-0.39, 0.29) is 10.3 Å². The predicted octanol–water partition coefficient (Wildman–Crippen LogP) is 3.32. The summed E-state index contributed by atoms with van der Waals surface area (Å²) in [6, 6.07) is 6.47. The van der Waals surface area contributed by atoms with E-state index in [1.54, 1.807) is 31.4 Å². The summed E-state index contributed by atoms with van der Waals surface area (Å²) in [6.45, 7) is 0.493. The van der Waals surface area contributed by atoms with Gasteiger partial charge in [-0.2, -0.15) is 0 Å². The van der Waals surface area contributed by atoms with Crippen LogP contribution in [-0.4, -0.2) is 27.4 Å². The van der Waals surface area contributed by atoms with Gasteiger partial charge >= 0.3 is 0 Å². The van der Waals surface area contributed by atoms with Gasteiger partial charge in [-0.25, -0.2) is 13.1 Å². The summed E-state index contributed by atoms with van der Waals surface area (Å²) in [6.07, 6.45) is 5.75. The van der Waals surface area contributed by atoms with Crippen molar-refractivity contribution in [1.82, 2.24) is 4.72 Å². The first-order valence-corrected chi connectivity index (χ1v) is 9.81. The van der Waals surface area contributed by atoms with Crippen molar-refractivity contribution in [2.75, 3.05) is 19.0 Å². The summed E-state index contributed by atoms with van der Waals surface area (Å²) < 4.78 is 32.6. The van der Waals surface area contributed by atoms with Gasteiger partial charge in [-0.15, -0.1) is 0 Å². The molecule has 1 aromatic carbocycles. The molecule has 0 radical (unpaired) electrons. The molecule has 118 valence electrons. The Labute approximate surface area is 135 Å². The van der Waals surface area contributed by atoms with E-state index in [0.717, 1.165) is 18.2 Å². The zero-order valence-corrected chi connectivity index (χ0v) is 14.7. The lowest BCUT2D eigenvalue weighted by Crippen LogP contribution is -2.40. The molecule has 1 aliphatic rings. The lowest BCUT2D eigenvalue weighted by molar-refractivity contribution is 0.227. The van der Waals surface area contributed by atoms with Crippen LogP contribution in [0.15, 0.2) is 29.2 Å². The Morgan fingerprint density at radius 2 is 1.81 bits per heavy atom. The SMILES string of the molecule is COc1ccc(S(=O)(=O)NCC2(CBr)CCCCC2)cc1. The number of sulfonamides is 1. The average molecular weight is 376 g/mol. The molecule has 1 saturated carbocycles. The van der Waals surface area contributed by atoms with E-state index in [1.165, 1.54) is 19.3 Å². The van der Waals surface area contributed by atoms with Crippen molar-refractivity contribution in [3.05, 3.63) is 24.3 Å². The molecule has 1 aromatic rings. The molecule has 0 spiro atoms. The fourth-order valence-electron chi connectivity index (χ4n) is 2.75. The van der Waals surface area contributed by atoms with Crippen molar-refractivity contribution in [2.24, 2.45) is 5.41 Å². The number of hydrogen-bond acceptors (Lipinski definition) is 3. The molecule has 4 nitrogen and oxygen atoms in total. The number of ether oxygens (including phenoxy) is 1. The third kappa shape index (κ3) is 4.20. The van der Waals surface area contributed by atoms with Crippen LogP contribution in [0.1, 0.15) is 32.1 Å². The molecule has 1 aliphatic carbocycles. The number of nitrogens with one attached hydrogen (secondary N) is 1. The van der Waals surface area contributed by atoms with Gasteiger partial charge in [0.25, 0.3) is 0 Å². The molecule has 21 heavy (non-hydrogen) atoms. The number of benzene rings is 1.